The second-order valence-corrected chi connectivity index (χ2v) is 7.08. The summed E-state index contributed by atoms with van der Waals surface area (Å²) < 4.78 is 5.31. The zero-order valence-electron chi connectivity index (χ0n) is 15.5. The molecule has 0 bridgehead atoms. The van der Waals surface area contributed by atoms with Crippen molar-refractivity contribution in [3.63, 3.8) is 0 Å². The number of nitrogens with zero attached hydrogens (tertiary/aromatic N) is 2. The van der Waals surface area contributed by atoms with Crippen molar-refractivity contribution in [3.05, 3.63) is 64.5 Å². The molecule has 0 fully saturated rings. The van der Waals surface area contributed by atoms with E-state index in [1.165, 1.54) is 0 Å². The highest BCUT2D eigenvalue weighted by molar-refractivity contribution is 6.30. The number of aryl methyl sites for hydroxylation is 2. The Kier molecular flexibility index (Phi) is 5.88. The van der Waals surface area contributed by atoms with Crippen LogP contribution in [0.15, 0.2) is 47.0 Å². The summed E-state index contributed by atoms with van der Waals surface area (Å²) in [7, 11) is 1.91. The number of amides is 1. The van der Waals surface area contributed by atoms with E-state index in [1.54, 1.807) is 12.1 Å². The highest BCUT2D eigenvalue weighted by Gasteiger charge is 2.17. The number of quaternary nitrogens is 1. The highest BCUT2D eigenvalue weighted by Crippen LogP contribution is 2.20. The Balaban J connectivity index is 1.59. The van der Waals surface area contributed by atoms with Crippen molar-refractivity contribution >= 4 is 23.2 Å². The highest BCUT2D eigenvalue weighted by atomic mass is 35.5. The van der Waals surface area contributed by atoms with Gasteiger partial charge in [0.1, 0.15) is 0 Å². The molecule has 2 N–H and O–H groups in total. The van der Waals surface area contributed by atoms with Crippen LogP contribution >= 0.6 is 11.6 Å². The number of rotatable bonds is 6. The lowest BCUT2D eigenvalue weighted by molar-refractivity contribution is -0.886. The smallest absolute Gasteiger partial charge is 0.282 e. The second kappa shape index (κ2) is 8.33. The molecule has 140 valence electrons. The number of carbonyl (C=O) groups excluding carboxylic acids is 1. The predicted molar refractivity (Wildman–Crippen MR) is 105 cm³/mol. The molecule has 3 aromatic rings. The molecule has 1 amide bonds. The second-order valence-electron chi connectivity index (χ2n) is 6.65. The van der Waals surface area contributed by atoms with Gasteiger partial charge in [0, 0.05) is 16.3 Å². The van der Waals surface area contributed by atoms with Gasteiger partial charge in [0.25, 0.3) is 11.8 Å². The minimum atomic E-state index is -0.0560. The van der Waals surface area contributed by atoms with Crippen LogP contribution in [0.1, 0.15) is 17.0 Å². The Morgan fingerprint density at radius 3 is 2.59 bits per heavy atom. The Bertz CT molecular complexity index is 934. The quantitative estimate of drug-likeness (QED) is 0.684. The van der Waals surface area contributed by atoms with Crippen LogP contribution in [0.4, 0.5) is 5.69 Å². The van der Waals surface area contributed by atoms with E-state index in [-0.39, 0.29) is 5.91 Å². The number of halogens is 1. The number of hydrogen-bond donors (Lipinski definition) is 2. The molecule has 1 unspecified atom stereocenters. The molecule has 0 saturated carbocycles. The molecule has 1 atom stereocenters. The van der Waals surface area contributed by atoms with E-state index in [4.69, 9.17) is 16.1 Å². The molecule has 2 aromatic carbocycles. The molecule has 0 aliphatic heterocycles. The monoisotopic (exact) mass is 385 g/mol. The first-order valence-corrected chi connectivity index (χ1v) is 9.06. The molecular weight excluding hydrogens is 364 g/mol. The molecule has 1 heterocycles. The average Bonchev–Trinajstić information content (AvgIpc) is 3.06. The van der Waals surface area contributed by atoms with E-state index < -0.39 is 0 Å². The molecule has 0 saturated heterocycles. The van der Waals surface area contributed by atoms with Gasteiger partial charge in [-0.25, -0.2) is 0 Å². The first-order chi connectivity index (χ1) is 12.9. The number of nitrogens with one attached hydrogen (secondary N) is 2. The summed E-state index contributed by atoms with van der Waals surface area (Å²) in [5, 5.41) is 7.60. The summed E-state index contributed by atoms with van der Waals surface area (Å²) in [5.41, 5.74) is 3.76. The first kappa shape index (κ1) is 19.1. The summed E-state index contributed by atoms with van der Waals surface area (Å²) in [6.45, 7) is 4.71. The van der Waals surface area contributed by atoms with E-state index in [0.717, 1.165) is 27.3 Å². The van der Waals surface area contributed by atoms with Gasteiger partial charge in [0.15, 0.2) is 13.1 Å². The van der Waals surface area contributed by atoms with Gasteiger partial charge in [-0.05, 0) is 37.1 Å². The molecule has 0 aliphatic rings. The first-order valence-electron chi connectivity index (χ1n) is 8.68. The molecule has 6 nitrogen and oxygen atoms in total. The van der Waals surface area contributed by atoms with Crippen LogP contribution in [0, 0.1) is 13.8 Å². The lowest BCUT2D eigenvalue weighted by Gasteiger charge is -2.14. The molecule has 1 aromatic heterocycles. The molecular formula is C20H22ClN4O2+. The topological polar surface area (TPSA) is 72.5 Å². The fourth-order valence-electron chi connectivity index (χ4n) is 2.86. The zero-order chi connectivity index (χ0) is 19.4. The Morgan fingerprint density at radius 2 is 1.89 bits per heavy atom. The van der Waals surface area contributed by atoms with Crippen molar-refractivity contribution in [2.45, 2.75) is 20.4 Å². The van der Waals surface area contributed by atoms with Crippen molar-refractivity contribution in [3.8, 4) is 11.4 Å². The lowest BCUT2D eigenvalue weighted by atomic mass is 10.1. The van der Waals surface area contributed by atoms with Gasteiger partial charge in [-0.2, -0.15) is 4.98 Å². The predicted octanol–water partition coefficient (Wildman–Crippen LogP) is 2.66. The van der Waals surface area contributed by atoms with Gasteiger partial charge in [-0.3, -0.25) is 4.79 Å². The fourth-order valence-corrected chi connectivity index (χ4v) is 3.05. The summed E-state index contributed by atoms with van der Waals surface area (Å²) >= 11 is 6.00. The number of para-hydroxylation sites is 1. The molecule has 27 heavy (non-hydrogen) atoms. The Labute approximate surface area is 163 Å². The van der Waals surface area contributed by atoms with Gasteiger partial charge < -0.3 is 14.7 Å². The number of likely N-dealkylation sites (N-methyl/N-ethyl adjacent to an activating group) is 1. The average molecular weight is 386 g/mol. The standard InChI is InChI=1S/C20H21ClN4O2/c1-13-6-4-7-14(2)19(13)22-17(26)11-25(3)12-18-23-20(24-27-18)15-8-5-9-16(21)10-15/h4-10H,11-12H2,1-3H3,(H,22,26)/p+1. The molecule has 0 radical (unpaired) electrons. The third-order valence-electron chi connectivity index (χ3n) is 4.21. The van der Waals surface area contributed by atoms with Crippen molar-refractivity contribution in [2.24, 2.45) is 0 Å². The van der Waals surface area contributed by atoms with Crippen molar-refractivity contribution in [1.82, 2.24) is 10.1 Å². The Hall–Kier alpha value is -2.70. The maximum atomic E-state index is 12.4. The minimum Gasteiger partial charge on any atom is -0.333 e. The van der Waals surface area contributed by atoms with Crippen LogP contribution in [0.5, 0.6) is 0 Å². The van der Waals surface area contributed by atoms with Gasteiger partial charge >= 0.3 is 0 Å². The zero-order valence-corrected chi connectivity index (χ0v) is 16.3. The fraction of sp³-hybridized carbons (Fsp3) is 0.250. The normalized spacial score (nSPS) is 12.0. The third-order valence-corrected chi connectivity index (χ3v) is 4.45. The molecule has 3 rings (SSSR count). The molecule has 7 heteroatoms. The number of aromatic nitrogens is 2. The maximum absolute atomic E-state index is 12.4. The van der Waals surface area contributed by atoms with E-state index in [2.05, 4.69) is 15.5 Å². The third kappa shape index (κ3) is 4.93. The van der Waals surface area contributed by atoms with Crippen LogP contribution < -0.4 is 10.2 Å². The van der Waals surface area contributed by atoms with Crippen molar-refractivity contribution < 1.29 is 14.2 Å². The van der Waals surface area contributed by atoms with Crippen molar-refractivity contribution in [1.29, 1.82) is 0 Å². The number of hydrogen-bond acceptors (Lipinski definition) is 4. The van der Waals surface area contributed by atoms with E-state index in [1.807, 2.05) is 51.2 Å². The summed E-state index contributed by atoms with van der Waals surface area (Å²) in [6.07, 6.45) is 0. The van der Waals surface area contributed by atoms with E-state index >= 15 is 0 Å². The van der Waals surface area contributed by atoms with Gasteiger partial charge in [0.05, 0.1) is 7.05 Å². The maximum Gasteiger partial charge on any atom is 0.282 e. The van der Waals surface area contributed by atoms with E-state index in [0.29, 0.717) is 29.8 Å². The SMILES string of the molecule is Cc1cccc(C)c1NC(=O)C[NH+](C)Cc1nc(-c2cccc(Cl)c2)no1. The van der Waals surface area contributed by atoms with Crippen LogP contribution in [0.25, 0.3) is 11.4 Å². The summed E-state index contributed by atoms with van der Waals surface area (Å²) in [5.74, 6) is 0.905. The van der Waals surface area contributed by atoms with E-state index in [9.17, 15) is 4.79 Å². The molecule has 0 aliphatic carbocycles. The minimum absolute atomic E-state index is 0.0560. The molecule has 0 spiro atoms. The van der Waals surface area contributed by atoms with Gasteiger partial charge in [-0.1, -0.05) is 47.1 Å². The number of benzene rings is 2. The summed E-state index contributed by atoms with van der Waals surface area (Å²) in [6, 6.07) is 13.2. The number of anilines is 1. The Morgan fingerprint density at radius 1 is 1.19 bits per heavy atom. The van der Waals surface area contributed by atoms with Crippen LogP contribution in [-0.4, -0.2) is 29.6 Å². The van der Waals surface area contributed by atoms with Crippen LogP contribution in [0.2, 0.25) is 5.02 Å². The van der Waals surface area contributed by atoms with Crippen LogP contribution in [-0.2, 0) is 11.3 Å². The van der Waals surface area contributed by atoms with Gasteiger partial charge in [0.2, 0.25) is 5.82 Å². The van der Waals surface area contributed by atoms with Crippen LogP contribution in [0.3, 0.4) is 0 Å². The summed E-state index contributed by atoms with van der Waals surface area (Å²) in [4.78, 5) is 17.7. The van der Waals surface area contributed by atoms with Gasteiger partial charge in [-0.15, -0.1) is 0 Å². The lowest BCUT2D eigenvalue weighted by Crippen LogP contribution is -3.08. The number of carbonyl (C=O) groups is 1. The van der Waals surface area contributed by atoms with Crippen molar-refractivity contribution in [2.75, 3.05) is 18.9 Å². The largest absolute Gasteiger partial charge is 0.333 e.